The molecule has 0 radical (unpaired) electrons. The highest BCUT2D eigenvalue weighted by Crippen LogP contribution is 2.65. The molecule has 0 unspecified atom stereocenters. The van der Waals surface area contributed by atoms with Gasteiger partial charge in [-0.25, -0.2) is 8.42 Å². The highest BCUT2D eigenvalue weighted by Gasteiger charge is 2.70. The van der Waals surface area contributed by atoms with E-state index in [0.29, 0.717) is 12.2 Å². The molecular formula is C24H26O5S. The van der Waals surface area contributed by atoms with Gasteiger partial charge >= 0.3 is 5.97 Å². The van der Waals surface area contributed by atoms with Crippen LogP contribution in [0.3, 0.4) is 0 Å². The molecule has 2 aromatic rings. The first-order valence-corrected chi connectivity index (χ1v) is 12.0. The summed E-state index contributed by atoms with van der Waals surface area (Å²) in [6.45, 7) is 4.19. The fraction of sp³-hybridized carbons (Fsp3) is 0.458. The van der Waals surface area contributed by atoms with Crippen molar-refractivity contribution in [2.24, 2.45) is 11.3 Å². The first kappa shape index (κ1) is 19.6. The molecule has 1 saturated heterocycles. The first-order valence-electron chi connectivity index (χ1n) is 10.4. The van der Waals surface area contributed by atoms with Crippen molar-refractivity contribution in [2.45, 2.75) is 54.8 Å². The van der Waals surface area contributed by atoms with Crippen LogP contribution in [0.2, 0.25) is 0 Å². The van der Waals surface area contributed by atoms with Crippen molar-refractivity contribution in [1.29, 1.82) is 0 Å². The minimum atomic E-state index is -3.73. The van der Waals surface area contributed by atoms with E-state index in [0.717, 1.165) is 24.0 Å². The molecule has 2 aromatic carbocycles. The molecule has 0 amide bonds. The zero-order chi connectivity index (χ0) is 21.3. The molecule has 1 spiro atoms. The van der Waals surface area contributed by atoms with Crippen LogP contribution in [0, 0.1) is 11.3 Å². The van der Waals surface area contributed by atoms with Crippen LogP contribution in [0.4, 0.5) is 0 Å². The van der Waals surface area contributed by atoms with Gasteiger partial charge in [0.15, 0.2) is 9.84 Å². The minimum absolute atomic E-state index is 0.283. The molecule has 2 aliphatic heterocycles. The van der Waals surface area contributed by atoms with Gasteiger partial charge < -0.3 is 9.47 Å². The van der Waals surface area contributed by atoms with E-state index in [1.54, 1.807) is 37.4 Å². The molecule has 4 atom stereocenters. The van der Waals surface area contributed by atoms with Gasteiger partial charge in [0.1, 0.15) is 17.1 Å². The number of hydrogen-bond donors (Lipinski definition) is 0. The second-order valence-electron chi connectivity index (χ2n) is 9.39. The van der Waals surface area contributed by atoms with E-state index in [4.69, 9.17) is 9.47 Å². The summed E-state index contributed by atoms with van der Waals surface area (Å²) in [4.78, 5) is 13.7. The molecule has 2 aliphatic carbocycles. The Labute approximate surface area is 177 Å². The predicted molar refractivity (Wildman–Crippen MR) is 112 cm³/mol. The summed E-state index contributed by atoms with van der Waals surface area (Å²) in [7, 11) is -2.13. The fourth-order valence-corrected chi connectivity index (χ4v) is 8.61. The number of carbonyl (C=O) groups is 1. The Morgan fingerprint density at radius 1 is 1.07 bits per heavy atom. The lowest BCUT2D eigenvalue weighted by molar-refractivity contribution is -0.184. The number of ether oxygens (including phenoxy) is 2. The Balaban J connectivity index is 1.81. The summed E-state index contributed by atoms with van der Waals surface area (Å²) in [5.41, 5.74) is 0.394. The van der Waals surface area contributed by atoms with Crippen molar-refractivity contribution < 1.29 is 22.7 Å². The average molecular weight is 427 g/mol. The van der Waals surface area contributed by atoms with E-state index in [1.165, 1.54) is 0 Å². The summed E-state index contributed by atoms with van der Waals surface area (Å²) in [6, 6.07) is 14.2. The molecule has 2 fully saturated rings. The van der Waals surface area contributed by atoms with Gasteiger partial charge in [-0.3, -0.25) is 4.79 Å². The third kappa shape index (κ3) is 2.40. The highest BCUT2D eigenvalue weighted by atomic mass is 32.2. The summed E-state index contributed by atoms with van der Waals surface area (Å²) in [5.74, 6) is 0.0217. The van der Waals surface area contributed by atoms with E-state index >= 15 is 0 Å². The van der Waals surface area contributed by atoms with Gasteiger partial charge in [0.25, 0.3) is 0 Å². The van der Waals surface area contributed by atoms with Gasteiger partial charge in [-0.15, -0.1) is 0 Å². The molecule has 0 N–H and O–H groups in total. The number of carbonyl (C=O) groups excluding carboxylic acids is 1. The van der Waals surface area contributed by atoms with Crippen LogP contribution < -0.4 is 4.74 Å². The maximum absolute atomic E-state index is 13.9. The van der Waals surface area contributed by atoms with Crippen LogP contribution in [-0.2, 0) is 24.8 Å². The van der Waals surface area contributed by atoms with Gasteiger partial charge in [-0.05, 0) is 53.6 Å². The van der Waals surface area contributed by atoms with Gasteiger partial charge in [-0.2, -0.15) is 0 Å². The number of sulfone groups is 1. The Bertz CT molecular complexity index is 1120. The Kier molecular flexibility index (Phi) is 4.14. The van der Waals surface area contributed by atoms with E-state index in [9.17, 15) is 13.2 Å². The van der Waals surface area contributed by atoms with Crippen LogP contribution in [0.15, 0.2) is 53.4 Å². The smallest absolute Gasteiger partial charge is 0.317 e. The predicted octanol–water partition coefficient (Wildman–Crippen LogP) is 4.21. The maximum atomic E-state index is 13.9. The zero-order valence-corrected chi connectivity index (χ0v) is 18.2. The molecule has 4 aliphatic rings. The molecule has 30 heavy (non-hydrogen) atoms. The van der Waals surface area contributed by atoms with Crippen LogP contribution in [0.1, 0.15) is 50.3 Å². The lowest BCUT2D eigenvalue weighted by atomic mass is 9.47. The number of hydrogen-bond acceptors (Lipinski definition) is 5. The number of rotatable bonds is 3. The average Bonchev–Trinajstić information content (AvgIpc) is 2.73. The van der Waals surface area contributed by atoms with Gasteiger partial charge in [-0.1, -0.05) is 44.5 Å². The van der Waals surface area contributed by atoms with Crippen molar-refractivity contribution in [3.05, 3.63) is 59.7 Å². The highest BCUT2D eigenvalue weighted by molar-refractivity contribution is 7.92. The van der Waals surface area contributed by atoms with Gasteiger partial charge in [0, 0.05) is 5.92 Å². The fourth-order valence-electron chi connectivity index (χ4n) is 6.28. The first-order chi connectivity index (χ1) is 14.2. The molecule has 2 heterocycles. The van der Waals surface area contributed by atoms with Crippen molar-refractivity contribution in [1.82, 2.24) is 0 Å². The van der Waals surface area contributed by atoms with Crippen molar-refractivity contribution >= 4 is 15.8 Å². The van der Waals surface area contributed by atoms with Crippen molar-refractivity contribution in [3.8, 4) is 5.75 Å². The van der Waals surface area contributed by atoms with Crippen LogP contribution in [0.5, 0.6) is 5.75 Å². The third-order valence-corrected chi connectivity index (χ3v) is 9.63. The topological polar surface area (TPSA) is 69.7 Å². The van der Waals surface area contributed by atoms with Crippen LogP contribution >= 0.6 is 0 Å². The summed E-state index contributed by atoms with van der Waals surface area (Å²) in [5, 5.41) is -0.811. The van der Waals surface area contributed by atoms with E-state index < -0.39 is 26.6 Å². The van der Waals surface area contributed by atoms with E-state index in [1.807, 2.05) is 18.2 Å². The molecular weight excluding hydrogens is 400 g/mol. The van der Waals surface area contributed by atoms with Gasteiger partial charge in [0.05, 0.1) is 17.4 Å². The lowest BCUT2D eigenvalue weighted by Gasteiger charge is -2.61. The largest absolute Gasteiger partial charge is 0.497 e. The lowest BCUT2D eigenvalue weighted by Crippen LogP contribution is -2.67. The Morgan fingerprint density at radius 3 is 2.50 bits per heavy atom. The number of fused-ring (bicyclic) bond motifs is 1. The van der Waals surface area contributed by atoms with Crippen LogP contribution in [0.25, 0.3) is 0 Å². The van der Waals surface area contributed by atoms with Crippen molar-refractivity contribution in [3.63, 3.8) is 0 Å². The van der Waals surface area contributed by atoms with Crippen LogP contribution in [-0.4, -0.2) is 26.7 Å². The summed E-state index contributed by atoms with van der Waals surface area (Å²) < 4.78 is 39.2. The third-order valence-electron chi connectivity index (χ3n) is 7.47. The number of esters is 1. The second-order valence-corrected chi connectivity index (χ2v) is 11.5. The maximum Gasteiger partial charge on any atom is 0.317 e. The summed E-state index contributed by atoms with van der Waals surface area (Å²) >= 11 is 0. The Hall–Kier alpha value is -2.34. The summed E-state index contributed by atoms with van der Waals surface area (Å²) in [6.07, 6.45) is 1.50. The number of benzene rings is 2. The van der Waals surface area contributed by atoms with Gasteiger partial charge in [0.2, 0.25) is 0 Å². The molecule has 158 valence electrons. The van der Waals surface area contributed by atoms with E-state index in [2.05, 4.69) is 13.8 Å². The standard InChI is InChI=1S/C24H26O5S/c1-23(2)12-7-13-24-18-14-15(28-3)10-11-17(18)19(29-22(24)25)20(21(23)24)30(26,27)16-8-5-4-6-9-16/h4-6,8-11,14,19-21H,7,12-13H2,1-3H3/t19-,20+,21+,24+/m0/s1. The number of methoxy groups -OCH3 is 1. The molecule has 5 nitrogen and oxygen atoms in total. The van der Waals surface area contributed by atoms with Crippen molar-refractivity contribution in [2.75, 3.05) is 7.11 Å². The quantitative estimate of drug-likeness (QED) is 0.688. The Morgan fingerprint density at radius 2 is 1.80 bits per heavy atom. The zero-order valence-electron chi connectivity index (χ0n) is 17.4. The molecule has 0 aromatic heterocycles. The second kappa shape index (κ2) is 6.33. The molecule has 6 rings (SSSR count). The SMILES string of the molecule is COc1ccc2c(c1)[C@]13CCCC(C)(C)[C@H]1[C@H](S(=O)(=O)c1ccccc1)[C@H]2OC3=O. The van der Waals surface area contributed by atoms with E-state index in [-0.39, 0.29) is 22.2 Å². The monoisotopic (exact) mass is 426 g/mol. The minimum Gasteiger partial charge on any atom is -0.497 e. The normalized spacial score (nSPS) is 31.4. The molecule has 6 heteroatoms. The molecule has 2 bridgehead atoms. The molecule has 1 saturated carbocycles.